The first-order chi connectivity index (χ1) is 12.6. The van der Waals surface area contributed by atoms with Gasteiger partial charge in [-0.2, -0.15) is 0 Å². The van der Waals surface area contributed by atoms with E-state index in [1.54, 1.807) is 25.3 Å². The maximum atomic E-state index is 13.2. The number of hydrogen-bond acceptors (Lipinski definition) is 4. The van der Waals surface area contributed by atoms with Crippen LogP contribution in [-0.4, -0.2) is 43.0 Å². The van der Waals surface area contributed by atoms with Crippen molar-refractivity contribution in [1.82, 2.24) is 4.90 Å². The molecule has 0 amide bonds. The predicted octanol–water partition coefficient (Wildman–Crippen LogP) is 3.40. The molecule has 0 fully saturated rings. The molecular formula is C21H26FNO3. The molecule has 0 saturated carbocycles. The molecule has 2 rings (SSSR count). The van der Waals surface area contributed by atoms with Gasteiger partial charge in [-0.1, -0.05) is 36.4 Å². The maximum absolute atomic E-state index is 13.2. The smallest absolute Gasteiger partial charge is 0.123 e. The minimum absolute atomic E-state index is 0.234. The average molecular weight is 359 g/mol. The van der Waals surface area contributed by atoms with Crippen molar-refractivity contribution in [2.45, 2.75) is 19.2 Å². The van der Waals surface area contributed by atoms with E-state index in [0.717, 1.165) is 16.9 Å². The molecule has 1 N–H and O–H groups in total. The number of para-hydroxylation sites is 1. The summed E-state index contributed by atoms with van der Waals surface area (Å²) >= 11 is 0. The van der Waals surface area contributed by atoms with E-state index in [9.17, 15) is 9.50 Å². The normalized spacial score (nSPS) is 12.2. The minimum atomic E-state index is -0.634. The van der Waals surface area contributed by atoms with E-state index >= 15 is 0 Å². The Balaban J connectivity index is 2.09. The number of hydrogen-bond donors (Lipinski definition) is 1. The predicted molar refractivity (Wildman–Crippen MR) is 101 cm³/mol. The zero-order chi connectivity index (χ0) is 18.8. The van der Waals surface area contributed by atoms with E-state index in [4.69, 9.17) is 9.47 Å². The number of ether oxygens (including phenoxy) is 2. The highest BCUT2D eigenvalue weighted by molar-refractivity contribution is 5.33. The standard InChI is InChI=1S/C21H26FNO3/c1-3-12-26-16-20(24)15-23(13-17-8-10-19(22)11-9-17)14-18-6-4-5-7-21(18)25-2/h3-11,20,24H,1,12-16H2,2H3/t20-/m0/s1. The Morgan fingerprint density at radius 3 is 2.58 bits per heavy atom. The van der Waals surface area contributed by atoms with Gasteiger partial charge in [-0.25, -0.2) is 4.39 Å². The lowest BCUT2D eigenvalue weighted by molar-refractivity contribution is 0.0227. The molecule has 0 unspecified atom stereocenters. The number of methoxy groups -OCH3 is 1. The van der Waals surface area contributed by atoms with E-state index in [2.05, 4.69) is 11.5 Å². The van der Waals surface area contributed by atoms with Gasteiger partial charge in [-0.3, -0.25) is 4.90 Å². The van der Waals surface area contributed by atoms with Crippen molar-refractivity contribution in [2.75, 3.05) is 26.9 Å². The molecule has 1 atom stereocenters. The second kappa shape index (κ2) is 10.7. The first-order valence-corrected chi connectivity index (χ1v) is 8.57. The summed E-state index contributed by atoms with van der Waals surface area (Å²) in [5, 5.41) is 10.3. The number of aliphatic hydroxyl groups excluding tert-OH is 1. The molecule has 0 heterocycles. The van der Waals surface area contributed by atoms with E-state index in [-0.39, 0.29) is 12.4 Å². The van der Waals surface area contributed by atoms with Crippen molar-refractivity contribution in [3.05, 3.63) is 78.1 Å². The zero-order valence-corrected chi connectivity index (χ0v) is 15.1. The highest BCUT2D eigenvalue weighted by atomic mass is 19.1. The van der Waals surface area contributed by atoms with Gasteiger partial charge in [0.2, 0.25) is 0 Å². The van der Waals surface area contributed by atoms with Gasteiger partial charge in [0.25, 0.3) is 0 Å². The van der Waals surface area contributed by atoms with Crippen LogP contribution < -0.4 is 4.74 Å². The summed E-state index contributed by atoms with van der Waals surface area (Å²) in [5.41, 5.74) is 2.00. The molecule has 0 radical (unpaired) electrons. The van der Waals surface area contributed by atoms with Gasteiger partial charge in [0.15, 0.2) is 0 Å². The van der Waals surface area contributed by atoms with Crippen LogP contribution in [0, 0.1) is 5.82 Å². The van der Waals surface area contributed by atoms with Crippen LogP contribution in [0.4, 0.5) is 4.39 Å². The maximum Gasteiger partial charge on any atom is 0.123 e. The number of rotatable bonds is 11. The molecule has 0 saturated heterocycles. The number of halogens is 1. The molecule has 0 spiro atoms. The largest absolute Gasteiger partial charge is 0.496 e. The van der Waals surface area contributed by atoms with Gasteiger partial charge in [0.1, 0.15) is 11.6 Å². The van der Waals surface area contributed by atoms with E-state index in [0.29, 0.717) is 26.2 Å². The van der Waals surface area contributed by atoms with Crippen LogP contribution in [0.2, 0.25) is 0 Å². The topological polar surface area (TPSA) is 41.9 Å². The van der Waals surface area contributed by atoms with Crippen molar-refractivity contribution < 1.29 is 19.0 Å². The van der Waals surface area contributed by atoms with Crippen molar-refractivity contribution >= 4 is 0 Å². The summed E-state index contributed by atoms with van der Waals surface area (Å²) in [7, 11) is 1.64. The quantitative estimate of drug-likeness (QED) is 0.493. The Bertz CT molecular complexity index is 675. The Morgan fingerprint density at radius 1 is 1.15 bits per heavy atom. The molecule has 26 heavy (non-hydrogen) atoms. The van der Waals surface area contributed by atoms with Crippen LogP contribution in [0.15, 0.2) is 61.2 Å². The van der Waals surface area contributed by atoms with Gasteiger partial charge >= 0.3 is 0 Å². The number of nitrogens with zero attached hydrogens (tertiary/aromatic N) is 1. The molecule has 0 aliphatic heterocycles. The fourth-order valence-electron chi connectivity index (χ4n) is 2.75. The second-order valence-corrected chi connectivity index (χ2v) is 6.09. The van der Waals surface area contributed by atoms with Crippen LogP contribution in [0.1, 0.15) is 11.1 Å². The number of benzene rings is 2. The summed E-state index contributed by atoms with van der Waals surface area (Å²) in [5.74, 6) is 0.539. The summed E-state index contributed by atoms with van der Waals surface area (Å²) in [6.07, 6.45) is 1.02. The molecule has 0 aliphatic carbocycles. The molecule has 0 aliphatic rings. The Morgan fingerprint density at radius 2 is 1.88 bits per heavy atom. The summed E-state index contributed by atoms with van der Waals surface area (Å²) < 4.78 is 23.9. The SMILES string of the molecule is C=CCOC[C@@H](O)CN(Cc1ccc(F)cc1)Cc1ccccc1OC. The van der Waals surface area contributed by atoms with E-state index < -0.39 is 6.10 Å². The van der Waals surface area contributed by atoms with Gasteiger partial charge < -0.3 is 14.6 Å². The van der Waals surface area contributed by atoms with Crippen molar-refractivity contribution in [1.29, 1.82) is 0 Å². The summed E-state index contributed by atoms with van der Waals surface area (Å²) in [4.78, 5) is 2.09. The monoisotopic (exact) mass is 359 g/mol. The third kappa shape index (κ3) is 6.59. The van der Waals surface area contributed by atoms with Crippen molar-refractivity contribution in [2.24, 2.45) is 0 Å². The minimum Gasteiger partial charge on any atom is -0.496 e. The third-order valence-electron chi connectivity index (χ3n) is 3.92. The Kier molecular flexibility index (Phi) is 8.28. The van der Waals surface area contributed by atoms with Crippen LogP contribution in [0.25, 0.3) is 0 Å². The summed E-state index contributed by atoms with van der Waals surface area (Å²) in [6.45, 7) is 5.83. The van der Waals surface area contributed by atoms with E-state index in [1.807, 2.05) is 24.3 Å². The van der Waals surface area contributed by atoms with Crippen LogP contribution in [-0.2, 0) is 17.8 Å². The Labute approximate surface area is 154 Å². The molecule has 0 aromatic heterocycles. The van der Waals surface area contributed by atoms with Crippen LogP contribution >= 0.6 is 0 Å². The molecule has 4 nitrogen and oxygen atoms in total. The van der Waals surface area contributed by atoms with Gasteiger partial charge in [0.05, 0.1) is 26.4 Å². The molecule has 0 bridgehead atoms. The molecule has 5 heteroatoms. The molecular weight excluding hydrogens is 333 g/mol. The highest BCUT2D eigenvalue weighted by Gasteiger charge is 2.15. The van der Waals surface area contributed by atoms with Crippen LogP contribution in [0.3, 0.4) is 0 Å². The van der Waals surface area contributed by atoms with Crippen molar-refractivity contribution in [3.63, 3.8) is 0 Å². The zero-order valence-electron chi connectivity index (χ0n) is 15.1. The first kappa shape index (κ1) is 20.1. The van der Waals surface area contributed by atoms with Gasteiger partial charge in [-0.15, -0.1) is 6.58 Å². The lowest BCUT2D eigenvalue weighted by Crippen LogP contribution is -2.34. The van der Waals surface area contributed by atoms with Crippen molar-refractivity contribution in [3.8, 4) is 5.75 Å². The molecule has 140 valence electrons. The average Bonchev–Trinajstić information content (AvgIpc) is 2.64. The summed E-state index contributed by atoms with van der Waals surface area (Å²) in [6, 6.07) is 14.2. The first-order valence-electron chi connectivity index (χ1n) is 8.57. The highest BCUT2D eigenvalue weighted by Crippen LogP contribution is 2.20. The fraction of sp³-hybridized carbons (Fsp3) is 0.333. The number of aliphatic hydroxyl groups is 1. The Hall–Kier alpha value is -2.21. The third-order valence-corrected chi connectivity index (χ3v) is 3.92. The molecule has 2 aromatic carbocycles. The van der Waals surface area contributed by atoms with E-state index in [1.165, 1.54) is 12.1 Å². The van der Waals surface area contributed by atoms with Gasteiger partial charge in [-0.05, 0) is 23.8 Å². The lowest BCUT2D eigenvalue weighted by atomic mass is 10.1. The second-order valence-electron chi connectivity index (χ2n) is 6.09. The molecule has 2 aromatic rings. The lowest BCUT2D eigenvalue weighted by Gasteiger charge is -2.26. The van der Waals surface area contributed by atoms with Crippen LogP contribution in [0.5, 0.6) is 5.75 Å². The van der Waals surface area contributed by atoms with Gasteiger partial charge in [0, 0.05) is 25.2 Å². The fourth-order valence-corrected chi connectivity index (χ4v) is 2.75.